The third-order valence-electron chi connectivity index (χ3n) is 1.53. The molecule has 0 amide bonds. The quantitative estimate of drug-likeness (QED) is 0.527. The van der Waals surface area contributed by atoms with Gasteiger partial charge in [0.15, 0.2) is 5.79 Å². The van der Waals surface area contributed by atoms with Gasteiger partial charge in [0.05, 0.1) is 0 Å². The fraction of sp³-hybridized carbons (Fsp3) is 1.00. The van der Waals surface area contributed by atoms with Gasteiger partial charge in [-0.1, -0.05) is 0 Å². The van der Waals surface area contributed by atoms with E-state index in [2.05, 4.69) is 4.74 Å². The summed E-state index contributed by atoms with van der Waals surface area (Å²) in [6.45, 7) is 4.38. The molecule has 56 valence electrons. The van der Waals surface area contributed by atoms with Crippen molar-refractivity contribution in [1.82, 2.24) is 0 Å². The molecule has 0 aliphatic rings. The van der Waals surface area contributed by atoms with Crippen LogP contribution in [0, 0.1) is 0 Å². The molecule has 0 aliphatic carbocycles. The molecule has 0 saturated heterocycles. The van der Waals surface area contributed by atoms with Crippen LogP contribution in [0.1, 0.15) is 20.8 Å². The van der Waals surface area contributed by atoms with Gasteiger partial charge in [0.1, 0.15) is 5.60 Å². The van der Waals surface area contributed by atoms with Crippen LogP contribution in [0.4, 0.5) is 0 Å². The van der Waals surface area contributed by atoms with Crippen LogP contribution >= 0.6 is 0 Å². The maximum Gasteiger partial charge on any atom is 0.191 e. The SMILES string of the molecule is CO[C@](C)(O)C(C)(C)O. The van der Waals surface area contributed by atoms with Crippen LogP contribution in [0.3, 0.4) is 0 Å². The Labute approximate surface area is 55.3 Å². The minimum Gasteiger partial charge on any atom is -0.385 e. The van der Waals surface area contributed by atoms with Crippen molar-refractivity contribution in [1.29, 1.82) is 0 Å². The second-order valence-corrected chi connectivity index (χ2v) is 2.75. The van der Waals surface area contributed by atoms with E-state index in [1.807, 2.05) is 0 Å². The zero-order valence-electron chi connectivity index (χ0n) is 6.30. The zero-order chi connectivity index (χ0) is 7.71. The fourth-order valence-corrected chi connectivity index (χ4v) is 0.250. The molecule has 3 heteroatoms. The number of hydrogen-bond donors (Lipinski definition) is 2. The number of ether oxygens (including phenoxy) is 1. The first kappa shape index (κ1) is 8.88. The van der Waals surface area contributed by atoms with Gasteiger partial charge in [-0.3, -0.25) is 0 Å². The third kappa shape index (κ3) is 1.93. The van der Waals surface area contributed by atoms with Crippen LogP contribution in [0.5, 0.6) is 0 Å². The van der Waals surface area contributed by atoms with E-state index in [4.69, 9.17) is 0 Å². The summed E-state index contributed by atoms with van der Waals surface area (Å²) in [5, 5.41) is 18.4. The summed E-state index contributed by atoms with van der Waals surface area (Å²) in [5.41, 5.74) is -1.22. The van der Waals surface area contributed by atoms with Crippen LogP contribution < -0.4 is 0 Å². The van der Waals surface area contributed by atoms with Crippen molar-refractivity contribution in [3.8, 4) is 0 Å². The highest BCUT2D eigenvalue weighted by molar-refractivity contribution is 4.80. The van der Waals surface area contributed by atoms with Crippen molar-refractivity contribution in [2.75, 3.05) is 7.11 Å². The van der Waals surface area contributed by atoms with Crippen molar-refractivity contribution in [3.63, 3.8) is 0 Å². The van der Waals surface area contributed by atoms with Gasteiger partial charge in [-0.2, -0.15) is 0 Å². The summed E-state index contributed by atoms with van der Waals surface area (Å²) >= 11 is 0. The van der Waals surface area contributed by atoms with Gasteiger partial charge in [0.25, 0.3) is 0 Å². The van der Waals surface area contributed by atoms with E-state index < -0.39 is 11.4 Å². The summed E-state index contributed by atoms with van der Waals surface area (Å²) in [4.78, 5) is 0. The lowest BCUT2D eigenvalue weighted by Crippen LogP contribution is -2.48. The van der Waals surface area contributed by atoms with Gasteiger partial charge in [0.2, 0.25) is 0 Å². The van der Waals surface area contributed by atoms with Gasteiger partial charge in [-0.05, 0) is 20.8 Å². The Bertz CT molecular complexity index is 91.0. The molecule has 0 radical (unpaired) electrons. The topological polar surface area (TPSA) is 49.7 Å². The minimum atomic E-state index is -1.47. The maximum absolute atomic E-state index is 9.19. The molecule has 0 aliphatic heterocycles. The van der Waals surface area contributed by atoms with E-state index in [-0.39, 0.29) is 0 Å². The smallest absolute Gasteiger partial charge is 0.191 e. The lowest BCUT2D eigenvalue weighted by molar-refractivity contribution is -0.265. The Morgan fingerprint density at radius 3 is 1.44 bits per heavy atom. The Hall–Kier alpha value is -0.120. The van der Waals surface area contributed by atoms with Crippen LogP contribution in [0.25, 0.3) is 0 Å². The molecule has 0 bridgehead atoms. The highest BCUT2D eigenvalue weighted by Gasteiger charge is 2.37. The molecule has 0 aromatic carbocycles. The standard InChI is InChI=1S/C6H14O3/c1-5(2,7)6(3,8)9-4/h7-8H,1-4H3/t6-/m0/s1. The minimum absolute atomic E-state index is 1.22. The second kappa shape index (κ2) is 2.25. The lowest BCUT2D eigenvalue weighted by Gasteiger charge is -2.33. The van der Waals surface area contributed by atoms with Crippen molar-refractivity contribution in [3.05, 3.63) is 0 Å². The van der Waals surface area contributed by atoms with Crippen LogP contribution in [-0.2, 0) is 4.74 Å². The number of methoxy groups -OCH3 is 1. The highest BCUT2D eigenvalue weighted by Crippen LogP contribution is 2.20. The average Bonchev–Trinajstić information content (AvgIpc) is 1.64. The van der Waals surface area contributed by atoms with Gasteiger partial charge >= 0.3 is 0 Å². The predicted octanol–water partition coefficient (Wildman–Crippen LogP) is 0.112. The maximum atomic E-state index is 9.19. The van der Waals surface area contributed by atoms with E-state index in [1.165, 1.54) is 27.9 Å². The molecule has 0 aromatic heterocycles. The Morgan fingerprint density at radius 1 is 1.11 bits per heavy atom. The Morgan fingerprint density at radius 2 is 1.44 bits per heavy atom. The Balaban J connectivity index is 4.14. The summed E-state index contributed by atoms with van der Waals surface area (Å²) in [7, 11) is 1.35. The van der Waals surface area contributed by atoms with E-state index in [9.17, 15) is 10.2 Å². The molecule has 0 fully saturated rings. The Kier molecular flexibility index (Phi) is 2.22. The summed E-state index contributed by atoms with van der Waals surface area (Å²) in [6.07, 6.45) is 0. The fourth-order valence-electron chi connectivity index (χ4n) is 0.250. The number of hydrogen-bond acceptors (Lipinski definition) is 3. The molecule has 0 rings (SSSR count). The molecule has 2 N–H and O–H groups in total. The zero-order valence-corrected chi connectivity index (χ0v) is 6.30. The molecular formula is C6H14O3. The second-order valence-electron chi connectivity index (χ2n) is 2.75. The van der Waals surface area contributed by atoms with Crippen molar-refractivity contribution in [2.24, 2.45) is 0 Å². The van der Waals surface area contributed by atoms with Gasteiger partial charge < -0.3 is 14.9 Å². The summed E-state index contributed by atoms with van der Waals surface area (Å²) in [5.74, 6) is -1.47. The molecule has 0 unspecified atom stereocenters. The predicted molar refractivity (Wildman–Crippen MR) is 33.9 cm³/mol. The normalized spacial score (nSPS) is 19.3. The van der Waals surface area contributed by atoms with E-state index in [0.29, 0.717) is 0 Å². The van der Waals surface area contributed by atoms with Gasteiger partial charge in [-0.25, -0.2) is 0 Å². The van der Waals surface area contributed by atoms with Crippen molar-refractivity contribution in [2.45, 2.75) is 32.2 Å². The van der Waals surface area contributed by atoms with Gasteiger partial charge in [0, 0.05) is 7.11 Å². The first-order valence-electron chi connectivity index (χ1n) is 2.81. The van der Waals surface area contributed by atoms with Gasteiger partial charge in [-0.15, -0.1) is 0 Å². The molecule has 9 heavy (non-hydrogen) atoms. The molecule has 0 spiro atoms. The molecule has 1 atom stereocenters. The molecule has 3 nitrogen and oxygen atoms in total. The van der Waals surface area contributed by atoms with E-state index in [1.54, 1.807) is 0 Å². The van der Waals surface area contributed by atoms with Crippen LogP contribution in [0.15, 0.2) is 0 Å². The first-order chi connectivity index (χ1) is 3.81. The highest BCUT2D eigenvalue weighted by atomic mass is 16.6. The number of rotatable bonds is 2. The average molecular weight is 134 g/mol. The van der Waals surface area contributed by atoms with Crippen molar-refractivity contribution < 1.29 is 14.9 Å². The summed E-state index contributed by atoms with van der Waals surface area (Å²) in [6, 6.07) is 0. The number of aliphatic hydroxyl groups is 2. The monoisotopic (exact) mass is 134 g/mol. The molecule has 0 aromatic rings. The van der Waals surface area contributed by atoms with E-state index in [0.717, 1.165) is 0 Å². The lowest BCUT2D eigenvalue weighted by atomic mass is 10.00. The van der Waals surface area contributed by atoms with Crippen LogP contribution in [0.2, 0.25) is 0 Å². The largest absolute Gasteiger partial charge is 0.385 e. The first-order valence-corrected chi connectivity index (χ1v) is 2.81. The molecule has 0 heterocycles. The molecular weight excluding hydrogens is 120 g/mol. The van der Waals surface area contributed by atoms with Crippen molar-refractivity contribution >= 4 is 0 Å². The van der Waals surface area contributed by atoms with E-state index >= 15 is 0 Å². The third-order valence-corrected chi connectivity index (χ3v) is 1.53. The molecule has 0 saturated carbocycles. The van der Waals surface area contributed by atoms with Crippen LogP contribution in [-0.4, -0.2) is 28.7 Å². The summed E-state index contributed by atoms with van der Waals surface area (Å²) < 4.78 is 4.61.